The van der Waals surface area contributed by atoms with Crippen molar-refractivity contribution in [2.24, 2.45) is 0 Å². The van der Waals surface area contributed by atoms with Crippen LogP contribution in [-0.2, 0) is 4.79 Å². The number of likely N-dealkylation sites (N-methyl/N-ethyl adjacent to an activating group) is 1. The highest BCUT2D eigenvalue weighted by molar-refractivity contribution is 6.04. The summed E-state index contributed by atoms with van der Waals surface area (Å²) in [5.41, 5.74) is 1.69. The summed E-state index contributed by atoms with van der Waals surface area (Å²) < 4.78 is 21.2. The van der Waals surface area contributed by atoms with E-state index in [4.69, 9.17) is 18.7 Å². The number of hydrogen-bond donors (Lipinski definition) is 1. The van der Waals surface area contributed by atoms with Crippen LogP contribution in [0.2, 0.25) is 0 Å². The minimum absolute atomic E-state index is 0.229. The molecule has 0 saturated carbocycles. The van der Waals surface area contributed by atoms with Crippen molar-refractivity contribution >= 4 is 17.6 Å². The van der Waals surface area contributed by atoms with Crippen LogP contribution in [0.1, 0.15) is 39.2 Å². The molecule has 172 valence electrons. The number of ether oxygens (including phenoxy) is 3. The fraction of sp³-hybridized carbons (Fsp3) is 0.292. The van der Waals surface area contributed by atoms with Gasteiger partial charge in [-0.15, -0.1) is 0 Å². The van der Waals surface area contributed by atoms with Gasteiger partial charge in [0.05, 0.1) is 33.3 Å². The van der Waals surface area contributed by atoms with Gasteiger partial charge in [-0.25, -0.2) is 0 Å². The lowest BCUT2D eigenvalue weighted by atomic mass is 9.79. The first kappa shape index (κ1) is 22.2. The number of hydrogen-bond acceptors (Lipinski definition) is 7. The van der Waals surface area contributed by atoms with Crippen molar-refractivity contribution in [2.45, 2.75) is 18.9 Å². The molecular formula is C24H25N3O6. The molecule has 1 aliphatic rings. The van der Waals surface area contributed by atoms with Gasteiger partial charge in [-0.3, -0.25) is 9.59 Å². The van der Waals surface area contributed by atoms with E-state index in [0.29, 0.717) is 40.0 Å². The molecule has 9 nitrogen and oxygen atoms in total. The maximum atomic E-state index is 13.6. The largest absolute Gasteiger partial charge is 0.497 e. The van der Waals surface area contributed by atoms with Crippen molar-refractivity contribution < 1.29 is 28.3 Å². The third-order valence-corrected chi connectivity index (χ3v) is 5.79. The van der Waals surface area contributed by atoms with Gasteiger partial charge in [0.1, 0.15) is 11.5 Å². The highest BCUT2D eigenvalue weighted by Crippen LogP contribution is 2.46. The Labute approximate surface area is 191 Å². The van der Waals surface area contributed by atoms with Gasteiger partial charge in [0.25, 0.3) is 5.91 Å². The maximum absolute atomic E-state index is 13.6. The van der Waals surface area contributed by atoms with E-state index < -0.39 is 12.0 Å². The van der Waals surface area contributed by atoms with E-state index in [1.54, 1.807) is 56.3 Å². The highest BCUT2D eigenvalue weighted by Gasteiger charge is 2.43. The predicted octanol–water partition coefficient (Wildman–Crippen LogP) is 3.56. The summed E-state index contributed by atoms with van der Waals surface area (Å²) in [5.74, 6) is 1.06. The third kappa shape index (κ3) is 3.97. The summed E-state index contributed by atoms with van der Waals surface area (Å²) >= 11 is 0. The summed E-state index contributed by atoms with van der Waals surface area (Å²) in [6.07, 6.45) is 0. The number of rotatable bonds is 6. The molecule has 2 heterocycles. The lowest BCUT2D eigenvalue weighted by Crippen LogP contribution is -2.44. The number of amides is 2. The van der Waals surface area contributed by atoms with Gasteiger partial charge in [0, 0.05) is 18.7 Å². The Balaban J connectivity index is 1.87. The average Bonchev–Trinajstić information content (AvgIpc) is 3.24. The van der Waals surface area contributed by atoms with Gasteiger partial charge in [0.15, 0.2) is 17.3 Å². The van der Waals surface area contributed by atoms with Crippen molar-refractivity contribution in [2.75, 3.05) is 33.7 Å². The molecule has 0 aliphatic carbocycles. The number of nitrogens with zero attached hydrogens (tertiary/aromatic N) is 2. The Hall–Kier alpha value is -4.01. The van der Waals surface area contributed by atoms with Crippen LogP contribution in [0.25, 0.3) is 0 Å². The van der Waals surface area contributed by atoms with E-state index in [2.05, 4.69) is 10.5 Å². The van der Waals surface area contributed by atoms with Crippen LogP contribution in [0.3, 0.4) is 0 Å². The molecule has 1 N–H and O–H groups in total. The molecule has 9 heteroatoms. The van der Waals surface area contributed by atoms with Gasteiger partial charge >= 0.3 is 0 Å². The molecule has 0 saturated heterocycles. The molecule has 1 aliphatic heterocycles. The van der Waals surface area contributed by atoms with Gasteiger partial charge < -0.3 is 29.0 Å². The minimum atomic E-state index is -0.757. The molecule has 2 amide bonds. The SMILES string of the molecule is COc1ccc(C2C(C(=O)Nc3cc(C)on3)c3cc(OC)c(OC)cc3C(=O)N2C)cc1. The lowest BCUT2D eigenvalue weighted by molar-refractivity contribution is -0.119. The summed E-state index contributed by atoms with van der Waals surface area (Å²) in [5, 5.41) is 6.69. The van der Waals surface area contributed by atoms with Gasteiger partial charge in [-0.2, -0.15) is 0 Å². The summed E-state index contributed by atoms with van der Waals surface area (Å²) in [4.78, 5) is 28.6. The Morgan fingerprint density at radius 2 is 1.70 bits per heavy atom. The zero-order chi connectivity index (χ0) is 23.7. The van der Waals surface area contributed by atoms with Crippen molar-refractivity contribution in [1.29, 1.82) is 0 Å². The number of methoxy groups -OCH3 is 3. The zero-order valence-corrected chi connectivity index (χ0v) is 19.0. The number of anilines is 1. The topological polar surface area (TPSA) is 103 Å². The van der Waals surface area contributed by atoms with Crippen LogP contribution in [-0.4, -0.2) is 50.2 Å². The highest BCUT2D eigenvalue weighted by atomic mass is 16.5. The molecule has 33 heavy (non-hydrogen) atoms. The first-order chi connectivity index (χ1) is 15.9. The van der Waals surface area contributed by atoms with Gasteiger partial charge in [-0.1, -0.05) is 17.3 Å². The second-order valence-corrected chi connectivity index (χ2v) is 7.72. The van der Waals surface area contributed by atoms with E-state index in [1.165, 1.54) is 14.2 Å². The fourth-order valence-electron chi connectivity index (χ4n) is 4.18. The number of fused-ring (bicyclic) bond motifs is 1. The van der Waals surface area contributed by atoms with E-state index >= 15 is 0 Å². The molecule has 4 rings (SSSR count). The van der Waals surface area contributed by atoms with Crippen molar-refractivity contribution in [3.05, 3.63) is 64.9 Å². The Morgan fingerprint density at radius 3 is 2.27 bits per heavy atom. The molecule has 1 aromatic heterocycles. The first-order valence-corrected chi connectivity index (χ1v) is 10.3. The van der Waals surface area contributed by atoms with Crippen molar-refractivity contribution in [3.63, 3.8) is 0 Å². The number of benzene rings is 2. The van der Waals surface area contributed by atoms with Crippen molar-refractivity contribution in [1.82, 2.24) is 10.1 Å². The summed E-state index contributed by atoms with van der Waals surface area (Å²) in [6, 6.07) is 11.6. The maximum Gasteiger partial charge on any atom is 0.254 e. The second-order valence-electron chi connectivity index (χ2n) is 7.72. The van der Waals surface area contributed by atoms with Crippen LogP contribution in [0.4, 0.5) is 5.82 Å². The van der Waals surface area contributed by atoms with Crippen LogP contribution in [0.5, 0.6) is 17.2 Å². The Kier molecular flexibility index (Phi) is 5.95. The number of nitrogens with one attached hydrogen (secondary N) is 1. The van der Waals surface area contributed by atoms with Crippen LogP contribution >= 0.6 is 0 Å². The van der Waals surface area contributed by atoms with E-state index in [1.807, 2.05) is 12.1 Å². The molecular weight excluding hydrogens is 426 g/mol. The second kappa shape index (κ2) is 8.85. The summed E-state index contributed by atoms with van der Waals surface area (Å²) in [7, 11) is 6.27. The normalized spacial score (nSPS) is 17.4. The number of aromatic nitrogens is 1. The molecule has 0 radical (unpaired) electrons. The molecule has 0 spiro atoms. The van der Waals surface area contributed by atoms with E-state index in [9.17, 15) is 9.59 Å². The Bertz CT molecular complexity index is 1190. The standard InChI is InChI=1S/C24H25N3O6/c1-13-10-20(26-33-13)25-23(28)21-16-11-18(31-4)19(32-5)12-17(16)24(29)27(2)22(21)14-6-8-15(30-3)9-7-14/h6-12,21-22H,1-5H3,(H,25,26,28). The molecule has 2 unspecified atom stereocenters. The number of carbonyl (C=O) groups is 2. The van der Waals surface area contributed by atoms with Gasteiger partial charge in [0.2, 0.25) is 5.91 Å². The molecule has 2 atom stereocenters. The smallest absolute Gasteiger partial charge is 0.254 e. The number of carbonyl (C=O) groups excluding carboxylic acids is 2. The third-order valence-electron chi connectivity index (χ3n) is 5.79. The molecule has 3 aromatic rings. The minimum Gasteiger partial charge on any atom is -0.497 e. The fourth-order valence-corrected chi connectivity index (χ4v) is 4.18. The zero-order valence-electron chi connectivity index (χ0n) is 19.0. The van der Waals surface area contributed by atoms with Crippen molar-refractivity contribution in [3.8, 4) is 17.2 Å². The quantitative estimate of drug-likeness (QED) is 0.611. The summed E-state index contributed by atoms with van der Waals surface area (Å²) in [6.45, 7) is 1.74. The van der Waals surface area contributed by atoms with Crippen LogP contribution < -0.4 is 19.5 Å². The molecule has 0 fully saturated rings. The van der Waals surface area contributed by atoms with Gasteiger partial charge in [-0.05, 0) is 42.3 Å². The monoisotopic (exact) mass is 451 g/mol. The first-order valence-electron chi connectivity index (χ1n) is 10.3. The predicted molar refractivity (Wildman–Crippen MR) is 120 cm³/mol. The van der Waals surface area contributed by atoms with Crippen LogP contribution in [0, 0.1) is 6.92 Å². The van der Waals surface area contributed by atoms with Crippen LogP contribution in [0.15, 0.2) is 47.0 Å². The molecule has 0 bridgehead atoms. The average molecular weight is 451 g/mol. The lowest BCUT2D eigenvalue weighted by Gasteiger charge is -2.40. The molecule has 2 aromatic carbocycles. The van der Waals surface area contributed by atoms with E-state index in [0.717, 1.165) is 5.56 Å². The van der Waals surface area contributed by atoms with E-state index in [-0.39, 0.29) is 11.8 Å². The Morgan fingerprint density at radius 1 is 1.03 bits per heavy atom. The number of aryl methyl sites for hydroxylation is 1.